The number of esters is 4. The summed E-state index contributed by atoms with van der Waals surface area (Å²) in [6.45, 7) is 12.0. The van der Waals surface area contributed by atoms with Gasteiger partial charge in [0.05, 0.1) is 26.4 Å². The second kappa shape index (κ2) is 71.3. The molecule has 0 aromatic rings. The summed E-state index contributed by atoms with van der Waals surface area (Å²) in [7, 11) is -9.92. The van der Waals surface area contributed by atoms with Crippen molar-refractivity contribution in [2.24, 2.45) is 17.8 Å². The molecular weight excluding hydrogens is 1310 g/mol. The number of unbranched alkanes of at least 4 members (excludes halogenated alkanes) is 46. The molecule has 100 heavy (non-hydrogen) atoms. The highest BCUT2D eigenvalue weighted by Crippen LogP contribution is 2.45. The molecular formula is C81H158O17P2. The van der Waals surface area contributed by atoms with Gasteiger partial charge in [0.2, 0.25) is 0 Å². The molecule has 0 radical (unpaired) electrons. The number of ether oxygens (including phenoxy) is 4. The van der Waals surface area contributed by atoms with Gasteiger partial charge in [-0.1, -0.05) is 370 Å². The van der Waals surface area contributed by atoms with Crippen molar-refractivity contribution in [3.8, 4) is 0 Å². The monoisotopic (exact) mass is 1470 g/mol. The van der Waals surface area contributed by atoms with Crippen LogP contribution in [0.1, 0.15) is 421 Å². The Balaban J connectivity index is 5.19. The molecule has 0 spiro atoms. The Bertz CT molecular complexity index is 1940. The maximum absolute atomic E-state index is 13.1. The smallest absolute Gasteiger partial charge is 0.462 e. The van der Waals surface area contributed by atoms with Gasteiger partial charge < -0.3 is 33.8 Å². The van der Waals surface area contributed by atoms with Crippen LogP contribution in [-0.4, -0.2) is 96.7 Å². The summed E-state index contributed by atoms with van der Waals surface area (Å²) in [5.74, 6) is 0.331. The molecule has 6 atom stereocenters. The van der Waals surface area contributed by atoms with Crippen LogP contribution in [-0.2, 0) is 65.4 Å². The predicted octanol–water partition coefficient (Wildman–Crippen LogP) is 24.1. The van der Waals surface area contributed by atoms with Crippen molar-refractivity contribution < 1.29 is 80.2 Å². The summed E-state index contributed by atoms with van der Waals surface area (Å²) < 4.78 is 68.6. The first-order valence-electron chi connectivity index (χ1n) is 41.9. The summed E-state index contributed by atoms with van der Waals surface area (Å²) in [4.78, 5) is 72.9. The lowest BCUT2D eigenvalue weighted by Crippen LogP contribution is -2.30. The first-order valence-corrected chi connectivity index (χ1v) is 44.9. The van der Waals surface area contributed by atoms with Gasteiger partial charge >= 0.3 is 39.5 Å². The largest absolute Gasteiger partial charge is 0.472 e. The summed E-state index contributed by atoms with van der Waals surface area (Å²) in [6, 6.07) is 0. The molecule has 0 rings (SSSR count). The minimum Gasteiger partial charge on any atom is -0.462 e. The molecule has 0 heterocycles. The third kappa shape index (κ3) is 73.0. The molecule has 0 fully saturated rings. The molecule has 3 N–H and O–H groups in total. The maximum Gasteiger partial charge on any atom is 0.472 e. The molecule has 3 unspecified atom stereocenters. The first kappa shape index (κ1) is 98.1. The van der Waals surface area contributed by atoms with Crippen molar-refractivity contribution in [2.45, 2.75) is 439 Å². The summed E-state index contributed by atoms with van der Waals surface area (Å²) in [5.41, 5.74) is 0. The van der Waals surface area contributed by atoms with Crippen LogP contribution in [0.25, 0.3) is 0 Å². The van der Waals surface area contributed by atoms with Crippen molar-refractivity contribution in [2.75, 3.05) is 39.6 Å². The van der Waals surface area contributed by atoms with E-state index in [0.29, 0.717) is 25.7 Å². The van der Waals surface area contributed by atoms with Crippen LogP contribution in [0.2, 0.25) is 0 Å². The Kier molecular flexibility index (Phi) is 69.9. The number of carbonyl (C=O) groups excluding carboxylic acids is 4. The second-order valence-corrected chi connectivity index (χ2v) is 33.3. The lowest BCUT2D eigenvalue weighted by molar-refractivity contribution is -0.161. The molecule has 0 aromatic heterocycles. The van der Waals surface area contributed by atoms with Gasteiger partial charge in [0.25, 0.3) is 0 Å². The van der Waals surface area contributed by atoms with Crippen molar-refractivity contribution in [1.82, 2.24) is 0 Å². The van der Waals surface area contributed by atoms with Gasteiger partial charge in [0.1, 0.15) is 19.3 Å². The molecule has 0 aliphatic heterocycles. The first-order chi connectivity index (χ1) is 48.3. The van der Waals surface area contributed by atoms with Gasteiger partial charge in [-0.25, -0.2) is 9.13 Å². The standard InChI is InChI=1S/C81H158O17P2/c1-8-10-11-12-38-48-55-62-78(83)91-68-76(97-80(85)65-58-51-44-37-31-25-19-21-27-33-40-46-53-60-73(5)6)70-95-99(87,88)93-66-75(82)67-94-100(89,90)96-71-77(69-92-79(84)63-56-49-42-35-29-23-18-17-22-28-34-41-47-54-61-74(7)9-2)98-81(86)64-57-50-43-36-30-24-16-14-13-15-20-26-32-39-45-52-59-72(3)4/h72-77,82H,8-71H2,1-7H3,(H,87,88)(H,89,90)/t74?,75-,76+,77+/m0/s1. The van der Waals surface area contributed by atoms with E-state index in [0.717, 1.165) is 120 Å². The fraction of sp³-hybridized carbons (Fsp3) is 0.951. The fourth-order valence-electron chi connectivity index (χ4n) is 12.5. The van der Waals surface area contributed by atoms with Crippen molar-refractivity contribution in [3.63, 3.8) is 0 Å². The topological polar surface area (TPSA) is 237 Å². The van der Waals surface area contributed by atoms with Crippen LogP contribution >= 0.6 is 15.6 Å². The number of hydrogen-bond donors (Lipinski definition) is 3. The van der Waals surface area contributed by atoms with Gasteiger partial charge in [0, 0.05) is 25.7 Å². The average molecular weight is 1470 g/mol. The molecule has 17 nitrogen and oxygen atoms in total. The van der Waals surface area contributed by atoms with Gasteiger partial charge in [-0.2, -0.15) is 0 Å². The number of phosphoric ester groups is 2. The van der Waals surface area contributed by atoms with E-state index in [-0.39, 0.29) is 25.7 Å². The molecule has 0 aromatic carbocycles. The van der Waals surface area contributed by atoms with E-state index in [9.17, 15) is 43.2 Å². The zero-order chi connectivity index (χ0) is 73.7. The van der Waals surface area contributed by atoms with Gasteiger partial charge in [0.15, 0.2) is 12.2 Å². The van der Waals surface area contributed by atoms with E-state index in [1.807, 2.05) is 0 Å². The highest BCUT2D eigenvalue weighted by molar-refractivity contribution is 7.47. The summed E-state index contributed by atoms with van der Waals surface area (Å²) >= 11 is 0. The zero-order valence-corrected chi connectivity index (χ0v) is 67.5. The van der Waals surface area contributed by atoms with Crippen LogP contribution in [0.15, 0.2) is 0 Å². The van der Waals surface area contributed by atoms with E-state index in [1.54, 1.807) is 0 Å². The molecule has 0 saturated heterocycles. The van der Waals surface area contributed by atoms with Crippen molar-refractivity contribution in [1.29, 1.82) is 0 Å². The predicted molar refractivity (Wildman–Crippen MR) is 409 cm³/mol. The average Bonchev–Trinajstić information content (AvgIpc) is 0.938. The van der Waals surface area contributed by atoms with E-state index in [4.69, 9.17) is 37.0 Å². The van der Waals surface area contributed by atoms with E-state index in [1.165, 1.54) is 218 Å². The van der Waals surface area contributed by atoms with Crippen molar-refractivity contribution >= 4 is 39.5 Å². The van der Waals surface area contributed by atoms with Crippen LogP contribution in [0.4, 0.5) is 0 Å². The number of aliphatic hydroxyl groups is 1. The molecule has 0 aliphatic rings. The number of aliphatic hydroxyl groups excluding tert-OH is 1. The van der Waals surface area contributed by atoms with E-state index < -0.39 is 97.5 Å². The maximum atomic E-state index is 13.1. The lowest BCUT2D eigenvalue weighted by atomic mass is 9.99. The highest BCUT2D eigenvalue weighted by Gasteiger charge is 2.30. The Labute approximate surface area is 613 Å². The SMILES string of the molecule is CCCCCCCCCC(=O)OC[C@H](COP(=O)(O)OC[C@H](O)COP(=O)(O)OC[C@@H](COC(=O)CCCCCCCCCCCCCCCCC(C)CC)OC(=O)CCCCCCCCCCCCCCCCCCC(C)C)OC(=O)CCCCCCCCCCCCCCCC(C)C. The quantitative estimate of drug-likeness (QED) is 0.0222. The van der Waals surface area contributed by atoms with Gasteiger partial charge in [-0.15, -0.1) is 0 Å². The van der Waals surface area contributed by atoms with Crippen LogP contribution < -0.4 is 0 Å². The Morgan fingerprint density at radius 2 is 0.510 bits per heavy atom. The number of phosphoric acid groups is 2. The summed E-state index contributed by atoms with van der Waals surface area (Å²) in [6.07, 6.45) is 59.7. The number of rotatable bonds is 79. The van der Waals surface area contributed by atoms with Crippen LogP contribution in [0, 0.1) is 17.8 Å². The van der Waals surface area contributed by atoms with E-state index in [2.05, 4.69) is 48.5 Å². The lowest BCUT2D eigenvalue weighted by Gasteiger charge is -2.21. The molecule has 19 heteroatoms. The summed E-state index contributed by atoms with van der Waals surface area (Å²) in [5, 5.41) is 10.6. The van der Waals surface area contributed by atoms with Crippen molar-refractivity contribution in [3.05, 3.63) is 0 Å². The van der Waals surface area contributed by atoms with Crippen LogP contribution in [0.5, 0.6) is 0 Å². The normalized spacial score (nSPS) is 14.2. The zero-order valence-electron chi connectivity index (χ0n) is 65.7. The van der Waals surface area contributed by atoms with Crippen LogP contribution in [0.3, 0.4) is 0 Å². The third-order valence-corrected chi connectivity index (χ3v) is 21.1. The number of hydrogen-bond acceptors (Lipinski definition) is 15. The highest BCUT2D eigenvalue weighted by atomic mass is 31.2. The molecule has 0 aliphatic carbocycles. The Morgan fingerprint density at radius 1 is 0.290 bits per heavy atom. The van der Waals surface area contributed by atoms with E-state index >= 15 is 0 Å². The third-order valence-electron chi connectivity index (χ3n) is 19.2. The Morgan fingerprint density at radius 3 is 0.760 bits per heavy atom. The minimum atomic E-state index is -4.96. The Hall–Kier alpha value is -1.94. The molecule has 0 amide bonds. The fourth-order valence-corrected chi connectivity index (χ4v) is 14.0. The number of carbonyl (C=O) groups is 4. The molecule has 594 valence electrons. The van der Waals surface area contributed by atoms with Gasteiger partial charge in [-0.3, -0.25) is 37.3 Å². The molecule has 0 bridgehead atoms. The van der Waals surface area contributed by atoms with Gasteiger partial charge in [-0.05, 0) is 43.4 Å². The molecule has 0 saturated carbocycles. The minimum absolute atomic E-state index is 0.107. The second-order valence-electron chi connectivity index (χ2n) is 30.4.